The third-order valence-corrected chi connectivity index (χ3v) is 6.95. The monoisotopic (exact) mass is 425 g/mol. The molecule has 1 saturated heterocycles. The second kappa shape index (κ2) is 7.95. The third-order valence-electron chi connectivity index (χ3n) is 5.20. The Hall–Kier alpha value is -3.13. The van der Waals surface area contributed by atoms with E-state index in [1.807, 2.05) is 31.2 Å². The van der Waals surface area contributed by atoms with Crippen molar-refractivity contribution in [2.75, 3.05) is 23.9 Å². The molecule has 1 fully saturated rings. The van der Waals surface area contributed by atoms with E-state index in [2.05, 4.69) is 10.4 Å². The Kier molecular flexibility index (Phi) is 5.34. The van der Waals surface area contributed by atoms with Gasteiger partial charge in [0.05, 0.1) is 30.4 Å². The molecule has 0 saturated carbocycles. The quantitative estimate of drug-likeness (QED) is 0.676. The van der Waals surface area contributed by atoms with Gasteiger partial charge in [0.2, 0.25) is 0 Å². The Morgan fingerprint density at radius 2 is 1.93 bits per heavy atom. The molecule has 1 aliphatic heterocycles. The number of anilines is 1. The minimum Gasteiger partial charge on any atom is -0.497 e. The molecule has 1 aliphatic rings. The van der Waals surface area contributed by atoms with Crippen molar-refractivity contribution in [3.8, 4) is 17.0 Å². The Bertz CT molecular complexity index is 1180. The fraction of sp³-hybridized carbons (Fsp3) is 0.273. The summed E-state index contributed by atoms with van der Waals surface area (Å²) in [4.78, 5) is 12.9. The highest BCUT2D eigenvalue weighted by atomic mass is 32.2. The van der Waals surface area contributed by atoms with Crippen LogP contribution in [0.1, 0.15) is 28.5 Å². The standard InChI is InChI=1S/C22H23N3O4S/c1-15-6-8-16(9-7-15)21-13-20(24-25(21)18-10-11-30(27,28)14-18)22(26)23-17-4-3-5-19(12-17)29-2/h3-9,12-13,18H,10-11,14H2,1-2H3,(H,23,26)/t18-/m0/s1. The van der Waals surface area contributed by atoms with Crippen LogP contribution in [-0.4, -0.2) is 42.7 Å². The van der Waals surface area contributed by atoms with Crippen molar-refractivity contribution in [1.82, 2.24) is 9.78 Å². The van der Waals surface area contributed by atoms with Crippen molar-refractivity contribution in [2.45, 2.75) is 19.4 Å². The molecule has 7 nitrogen and oxygen atoms in total. The summed E-state index contributed by atoms with van der Waals surface area (Å²) in [5.74, 6) is 0.437. The van der Waals surface area contributed by atoms with E-state index in [4.69, 9.17) is 4.74 Å². The van der Waals surface area contributed by atoms with Crippen molar-refractivity contribution in [3.63, 3.8) is 0 Å². The first-order valence-electron chi connectivity index (χ1n) is 9.67. The number of carbonyl (C=O) groups is 1. The van der Waals surface area contributed by atoms with Crippen LogP contribution in [0.25, 0.3) is 11.3 Å². The normalized spacial score (nSPS) is 17.6. The van der Waals surface area contributed by atoms with E-state index >= 15 is 0 Å². The van der Waals surface area contributed by atoms with Crippen LogP contribution >= 0.6 is 0 Å². The number of rotatable bonds is 5. The van der Waals surface area contributed by atoms with Crippen LogP contribution in [0, 0.1) is 6.92 Å². The number of benzene rings is 2. The molecule has 0 spiro atoms. The van der Waals surface area contributed by atoms with E-state index in [-0.39, 0.29) is 29.1 Å². The molecule has 0 aliphatic carbocycles. The number of aryl methyl sites for hydroxylation is 1. The first-order chi connectivity index (χ1) is 14.3. The van der Waals surface area contributed by atoms with Crippen LogP contribution < -0.4 is 10.1 Å². The van der Waals surface area contributed by atoms with Crippen LogP contribution in [0.3, 0.4) is 0 Å². The van der Waals surface area contributed by atoms with E-state index in [0.717, 1.165) is 16.8 Å². The first kappa shape index (κ1) is 20.2. The molecule has 1 amide bonds. The maximum absolute atomic E-state index is 12.9. The highest BCUT2D eigenvalue weighted by molar-refractivity contribution is 7.91. The number of amides is 1. The van der Waals surface area contributed by atoms with Gasteiger partial charge in [-0.05, 0) is 37.1 Å². The summed E-state index contributed by atoms with van der Waals surface area (Å²) in [6, 6.07) is 16.4. The number of methoxy groups -OCH3 is 1. The van der Waals surface area contributed by atoms with E-state index < -0.39 is 9.84 Å². The maximum atomic E-state index is 12.9. The van der Waals surface area contributed by atoms with Gasteiger partial charge in [-0.2, -0.15) is 5.10 Å². The summed E-state index contributed by atoms with van der Waals surface area (Å²) in [6.07, 6.45) is 0.486. The van der Waals surface area contributed by atoms with Gasteiger partial charge in [0.15, 0.2) is 15.5 Å². The van der Waals surface area contributed by atoms with Gasteiger partial charge in [-0.1, -0.05) is 35.9 Å². The third kappa shape index (κ3) is 4.23. The van der Waals surface area contributed by atoms with Crippen molar-refractivity contribution >= 4 is 21.4 Å². The fourth-order valence-electron chi connectivity index (χ4n) is 3.59. The zero-order valence-electron chi connectivity index (χ0n) is 16.8. The van der Waals surface area contributed by atoms with Gasteiger partial charge in [0.25, 0.3) is 5.91 Å². The van der Waals surface area contributed by atoms with E-state index in [9.17, 15) is 13.2 Å². The topological polar surface area (TPSA) is 90.3 Å². The number of nitrogens with zero attached hydrogens (tertiary/aromatic N) is 2. The molecule has 2 heterocycles. The van der Waals surface area contributed by atoms with Crippen LogP contribution in [0.4, 0.5) is 5.69 Å². The molecule has 2 aromatic carbocycles. The number of sulfone groups is 1. The Labute approximate surface area is 175 Å². The molecule has 0 radical (unpaired) electrons. The van der Waals surface area contributed by atoms with Gasteiger partial charge in [-0.25, -0.2) is 8.42 Å². The lowest BCUT2D eigenvalue weighted by Crippen LogP contribution is -2.16. The lowest BCUT2D eigenvalue weighted by molar-refractivity contribution is 0.102. The molecule has 156 valence electrons. The lowest BCUT2D eigenvalue weighted by atomic mass is 10.1. The zero-order chi connectivity index (χ0) is 21.3. The largest absolute Gasteiger partial charge is 0.497 e. The summed E-state index contributed by atoms with van der Waals surface area (Å²) in [7, 11) is -1.53. The molecule has 0 unspecified atom stereocenters. The van der Waals surface area contributed by atoms with Crippen LogP contribution in [0.5, 0.6) is 5.75 Å². The van der Waals surface area contributed by atoms with Gasteiger partial charge in [0.1, 0.15) is 5.75 Å². The number of hydrogen-bond donors (Lipinski definition) is 1. The summed E-state index contributed by atoms with van der Waals surface area (Å²) in [5, 5.41) is 7.33. The molecular formula is C22H23N3O4S. The molecule has 1 atom stereocenters. The second-order valence-electron chi connectivity index (χ2n) is 7.47. The van der Waals surface area contributed by atoms with E-state index in [1.54, 1.807) is 42.1 Å². The number of hydrogen-bond acceptors (Lipinski definition) is 5. The Balaban J connectivity index is 1.69. The summed E-state index contributed by atoms with van der Waals surface area (Å²) in [6.45, 7) is 2.00. The van der Waals surface area contributed by atoms with Gasteiger partial charge < -0.3 is 10.1 Å². The lowest BCUT2D eigenvalue weighted by Gasteiger charge is -2.13. The molecule has 1 N–H and O–H groups in total. The summed E-state index contributed by atoms with van der Waals surface area (Å²) in [5.41, 5.74) is 3.56. The van der Waals surface area contributed by atoms with Gasteiger partial charge in [0, 0.05) is 11.8 Å². The number of nitrogens with one attached hydrogen (secondary N) is 1. The number of carbonyl (C=O) groups excluding carboxylic acids is 1. The van der Waals surface area contributed by atoms with E-state index in [0.29, 0.717) is 17.9 Å². The van der Waals surface area contributed by atoms with E-state index in [1.165, 1.54) is 0 Å². The van der Waals surface area contributed by atoms with Crippen LogP contribution in [0.15, 0.2) is 54.6 Å². The van der Waals surface area contributed by atoms with Crippen molar-refractivity contribution in [3.05, 3.63) is 65.9 Å². The molecule has 8 heteroatoms. The number of ether oxygens (including phenoxy) is 1. The Morgan fingerprint density at radius 1 is 1.17 bits per heavy atom. The predicted molar refractivity (Wildman–Crippen MR) is 116 cm³/mol. The number of aromatic nitrogens is 2. The smallest absolute Gasteiger partial charge is 0.276 e. The fourth-order valence-corrected chi connectivity index (χ4v) is 5.28. The highest BCUT2D eigenvalue weighted by Gasteiger charge is 2.32. The van der Waals surface area contributed by atoms with Gasteiger partial charge >= 0.3 is 0 Å². The molecular weight excluding hydrogens is 402 g/mol. The van der Waals surface area contributed by atoms with Crippen molar-refractivity contribution in [1.29, 1.82) is 0 Å². The summed E-state index contributed by atoms with van der Waals surface area (Å²) < 4.78 is 30.9. The minimum absolute atomic E-state index is 0.0322. The Morgan fingerprint density at radius 3 is 2.60 bits per heavy atom. The average molecular weight is 426 g/mol. The van der Waals surface area contributed by atoms with Crippen LogP contribution in [-0.2, 0) is 9.84 Å². The van der Waals surface area contributed by atoms with Crippen LogP contribution in [0.2, 0.25) is 0 Å². The molecule has 1 aromatic heterocycles. The molecule has 30 heavy (non-hydrogen) atoms. The second-order valence-corrected chi connectivity index (χ2v) is 9.70. The highest BCUT2D eigenvalue weighted by Crippen LogP contribution is 2.30. The SMILES string of the molecule is COc1cccc(NC(=O)c2cc(-c3ccc(C)cc3)n([C@H]3CCS(=O)(=O)C3)n2)c1. The maximum Gasteiger partial charge on any atom is 0.276 e. The van der Waals surface area contributed by atoms with Crippen molar-refractivity contribution in [2.24, 2.45) is 0 Å². The summed E-state index contributed by atoms with van der Waals surface area (Å²) >= 11 is 0. The zero-order valence-corrected chi connectivity index (χ0v) is 17.6. The van der Waals surface area contributed by atoms with Crippen molar-refractivity contribution < 1.29 is 17.9 Å². The van der Waals surface area contributed by atoms with Gasteiger partial charge in [-0.15, -0.1) is 0 Å². The molecule has 4 rings (SSSR count). The first-order valence-corrected chi connectivity index (χ1v) is 11.5. The predicted octanol–water partition coefficient (Wildman–Crippen LogP) is 3.48. The average Bonchev–Trinajstić information content (AvgIpc) is 3.32. The van der Waals surface area contributed by atoms with Gasteiger partial charge in [-0.3, -0.25) is 9.48 Å². The molecule has 0 bridgehead atoms. The minimum atomic E-state index is -3.09. The molecule has 3 aromatic rings.